The molecule has 1 aromatic carbocycles. The molecule has 2 nitrogen and oxygen atoms in total. The Morgan fingerprint density at radius 3 is 2.95 bits per heavy atom. The van der Waals surface area contributed by atoms with Gasteiger partial charge >= 0.3 is 0 Å². The maximum atomic E-state index is 11.9. The molecule has 0 atom stereocenters. The highest BCUT2D eigenvalue weighted by Crippen LogP contribution is 2.22. The Kier molecular flexibility index (Phi) is 3.48. The molecule has 0 spiro atoms. The Morgan fingerprint density at radius 1 is 1.30 bits per heavy atom. The van der Waals surface area contributed by atoms with Crippen LogP contribution in [0.1, 0.15) is 12.0 Å². The van der Waals surface area contributed by atoms with Crippen molar-refractivity contribution in [3.05, 3.63) is 70.9 Å². The van der Waals surface area contributed by atoms with Gasteiger partial charge in [0.05, 0.1) is 5.52 Å². The van der Waals surface area contributed by atoms with Crippen molar-refractivity contribution < 1.29 is 4.79 Å². The van der Waals surface area contributed by atoms with Crippen molar-refractivity contribution in [1.29, 1.82) is 0 Å². The molecule has 0 aliphatic heterocycles. The quantitative estimate of drug-likeness (QED) is 0.618. The van der Waals surface area contributed by atoms with Gasteiger partial charge in [0.15, 0.2) is 5.78 Å². The smallest absolute Gasteiger partial charge is 0.182 e. The van der Waals surface area contributed by atoms with Gasteiger partial charge in [0.25, 0.3) is 0 Å². The molecule has 0 saturated heterocycles. The maximum absolute atomic E-state index is 11.9. The Balaban J connectivity index is 1.90. The van der Waals surface area contributed by atoms with E-state index in [0.717, 1.165) is 22.0 Å². The first-order valence-electron chi connectivity index (χ1n) is 6.37. The van der Waals surface area contributed by atoms with Crippen molar-refractivity contribution in [2.45, 2.75) is 6.42 Å². The van der Waals surface area contributed by atoms with E-state index in [1.54, 1.807) is 12.2 Å². The molecular formula is C17H12ClNO. The van der Waals surface area contributed by atoms with E-state index < -0.39 is 0 Å². The van der Waals surface area contributed by atoms with Crippen LogP contribution in [-0.2, 0) is 4.79 Å². The Hall–Kier alpha value is -2.19. The van der Waals surface area contributed by atoms with E-state index in [2.05, 4.69) is 4.98 Å². The Bertz CT molecular complexity index is 772. The van der Waals surface area contributed by atoms with Crippen LogP contribution in [0.3, 0.4) is 0 Å². The number of rotatable bonds is 3. The van der Waals surface area contributed by atoms with E-state index in [4.69, 9.17) is 11.6 Å². The van der Waals surface area contributed by atoms with Crippen LogP contribution in [0.25, 0.3) is 17.0 Å². The summed E-state index contributed by atoms with van der Waals surface area (Å²) in [5.74, 6) is 0.0132. The van der Waals surface area contributed by atoms with Crippen LogP contribution < -0.4 is 0 Å². The number of fused-ring (bicyclic) bond motifs is 1. The molecule has 0 N–H and O–H groups in total. The van der Waals surface area contributed by atoms with Gasteiger partial charge < -0.3 is 0 Å². The largest absolute Gasteiger partial charge is 0.290 e. The molecule has 20 heavy (non-hydrogen) atoms. The molecule has 1 aliphatic rings. The number of nitrogens with zero attached hydrogens (tertiary/aromatic N) is 1. The molecule has 0 saturated carbocycles. The predicted molar refractivity (Wildman–Crippen MR) is 82.6 cm³/mol. The number of para-hydroxylation sites is 1. The summed E-state index contributed by atoms with van der Waals surface area (Å²) in [6, 6.07) is 9.70. The van der Waals surface area contributed by atoms with Crippen molar-refractivity contribution >= 4 is 34.4 Å². The van der Waals surface area contributed by atoms with Crippen molar-refractivity contribution in [2.75, 3.05) is 0 Å². The third-order valence-corrected chi connectivity index (χ3v) is 3.51. The molecule has 3 heteroatoms. The number of hydrogen-bond donors (Lipinski definition) is 0. The molecule has 0 bridgehead atoms. The number of ketones is 1. The van der Waals surface area contributed by atoms with E-state index in [1.807, 2.05) is 48.6 Å². The lowest BCUT2D eigenvalue weighted by molar-refractivity contribution is -0.111. The maximum Gasteiger partial charge on any atom is 0.182 e. The standard InChI is InChI=1S/C17H12ClNO/c18-17-14(9-10-16(20)12-5-1-2-6-12)11-13-7-3-4-8-15(13)19-17/h1-5,7-11H,6H2/b10-9+. The number of aromatic nitrogens is 1. The lowest BCUT2D eigenvalue weighted by Gasteiger charge is -2.02. The summed E-state index contributed by atoms with van der Waals surface area (Å²) in [4.78, 5) is 16.3. The third kappa shape index (κ3) is 2.56. The van der Waals surface area contributed by atoms with Crippen LogP contribution >= 0.6 is 11.6 Å². The molecule has 0 radical (unpaired) electrons. The second kappa shape index (κ2) is 5.43. The summed E-state index contributed by atoms with van der Waals surface area (Å²) in [6.07, 6.45) is 9.68. The molecular weight excluding hydrogens is 270 g/mol. The first-order chi connectivity index (χ1) is 9.74. The van der Waals surface area contributed by atoms with Crippen molar-refractivity contribution in [3.8, 4) is 0 Å². The number of carbonyl (C=O) groups is 1. The van der Waals surface area contributed by atoms with Crippen LogP contribution in [0.2, 0.25) is 5.15 Å². The fourth-order valence-electron chi connectivity index (χ4n) is 2.13. The SMILES string of the molecule is O=C(/C=C/c1cc2ccccc2nc1Cl)C1=CC=CC1. The van der Waals surface area contributed by atoms with Gasteiger partial charge in [-0.1, -0.05) is 48.0 Å². The average Bonchev–Trinajstić information content (AvgIpc) is 2.99. The third-order valence-electron chi connectivity index (χ3n) is 3.21. The van der Waals surface area contributed by atoms with Gasteiger partial charge in [-0.25, -0.2) is 4.98 Å². The van der Waals surface area contributed by atoms with Crippen molar-refractivity contribution in [1.82, 2.24) is 4.98 Å². The van der Waals surface area contributed by atoms with Gasteiger partial charge in [0.2, 0.25) is 0 Å². The van der Waals surface area contributed by atoms with E-state index in [9.17, 15) is 4.79 Å². The fraction of sp³-hybridized carbons (Fsp3) is 0.0588. The zero-order valence-electron chi connectivity index (χ0n) is 10.7. The minimum Gasteiger partial charge on any atom is -0.290 e. The molecule has 1 aliphatic carbocycles. The highest BCUT2D eigenvalue weighted by atomic mass is 35.5. The minimum absolute atomic E-state index is 0.0132. The lowest BCUT2D eigenvalue weighted by atomic mass is 10.1. The number of allylic oxidation sites excluding steroid dienone is 5. The second-order valence-electron chi connectivity index (χ2n) is 4.58. The number of benzene rings is 1. The van der Waals surface area contributed by atoms with E-state index in [0.29, 0.717) is 11.6 Å². The first kappa shape index (κ1) is 12.8. The number of pyridine rings is 1. The van der Waals surface area contributed by atoms with Crippen LogP contribution in [0.15, 0.2) is 60.2 Å². The topological polar surface area (TPSA) is 30.0 Å². The van der Waals surface area contributed by atoms with Gasteiger partial charge in [-0.05, 0) is 30.7 Å². The molecule has 0 unspecified atom stereocenters. The fourth-order valence-corrected chi connectivity index (χ4v) is 2.34. The van der Waals surface area contributed by atoms with Crippen molar-refractivity contribution in [2.24, 2.45) is 0 Å². The number of halogens is 1. The average molecular weight is 282 g/mol. The van der Waals surface area contributed by atoms with Gasteiger partial charge in [0, 0.05) is 16.5 Å². The highest BCUT2D eigenvalue weighted by Gasteiger charge is 2.07. The molecule has 0 amide bonds. The van der Waals surface area contributed by atoms with E-state index in [1.165, 1.54) is 0 Å². The highest BCUT2D eigenvalue weighted by molar-refractivity contribution is 6.31. The lowest BCUT2D eigenvalue weighted by Crippen LogP contribution is -1.95. The summed E-state index contributed by atoms with van der Waals surface area (Å²) in [7, 11) is 0. The summed E-state index contributed by atoms with van der Waals surface area (Å²) >= 11 is 6.15. The van der Waals surface area contributed by atoms with Gasteiger partial charge in [-0.2, -0.15) is 0 Å². The predicted octanol–water partition coefficient (Wildman–Crippen LogP) is 4.36. The van der Waals surface area contributed by atoms with Gasteiger partial charge in [-0.3, -0.25) is 4.79 Å². The summed E-state index contributed by atoms with van der Waals surface area (Å²) in [6.45, 7) is 0. The monoisotopic (exact) mass is 281 g/mol. The normalized spacial score (nSPS) is 14.2. The second-order valence-corrected chi connectivity index (χ2v) is 4.94. The van der Waals surface area contributed by atoms with Gasteiger partial charge in [-0.15, -0.1) is 0 Å². The summed E-state index contributed by atoms with van der Waals surface area (Å²) in [5.41, 5.74) is 2.40. The molecule has 1 heterocycles. The number of hydrogen-bond acceptors (Lipinski definition) is 2. The van der Waals surface area contributed by atoms with Crippen LogP contribution in [-0.4, -0.2) is 10.8 Å². The molecule has 0 fully saturated rings. The van der Waals surface area contributed by atoms with Crippen LogP contribution in [0.5, 0.6) is 0 Å². The molecule has 2 aromatic rings. The Morgan fingerprint density at radius 2 is 2.15 bits per heavy atom. The Labute approximate surface area is 122 Å². The molecule has 98 valence electrons. The number of carbonyl (C=O) groups excluding carboxylic acids is 1. The van der Waals surface area contributed by atoms with E-state index in [-0.39, 0.29) is 5.78 Å². The van der Waals surface area contributed by atoms with Gasteiger partial charge in [0.1, 0.15) is 5.15 Å². The van der Waals surface area contributed by atoms with Crippen molar-refractivity contribution in [3.63, 3.8) is 0 Å². The van der Waals surface area contributed by atoms with Crippen LogP contribution in [0.4, 0.5) is 0 Å². The van der Waals surface area contributed by atoms with Crippen LogP contribution in [0, 0.1) is 0 Å². The van der Waals surface area contributed by atoms with E-state index >= 15 is 0 Å². The molecule has 3 rings (SSSR count). The minimum atomic E-state index is 0.0132. The summed E-state index contributed by atoms with van der Waals surface area (Å²) in [5, 5.41) is 1.41. The molecule has 1 aromatic heterocycles. The zero-order chi connectivity index (χ0) is 13.9. The zero-order valence-corrected chi connectivity index (χ0v) is 11.5. The first-order valence-corrected chi connectivity index (χ1v) is 6.75. The summed E-state index contributed by atoms with van der Waals surface area (Å²) < 4.78 is 0.